The molecule has 4 aromatic rings. The summed E-state index contributed by atoms with van der Waals surface area (Å²) in [6.07, 6.45) is 3.18. The standard InChI is InChI=1S/C18H11FN4O4S/c19-12-4-1-5-14-16(12)21-18(28-14)22(10-11-3-2-8-20-9-11)17(24)13-6-7-15(27-13)23(25)26/h1-9H,10H2. The topological polar surface area (TPSA) is 102 Å². The van der Waals surface area contributed by atoms with E-state index in [2.05, 4.69) is 9.97 Å². The molecule has 0 fully saturated rings. The number of aromatic nitrogens is 2. The quantitative estimate of drug-likeness (QED) is 0.369. The van der Waals surface area contributed by atoms with Gasteiger partial charge in [-0.05, 0) is 29.8 Å². The van der Waals surface area contributed by atoms with E-state index in [1.54, 1.807) is 36.7 Å². The Bertz CT molecular complexity index is 1170. The molecule has 1 amide bonds. The van der Waals surface area contributed by atoms with E-state index in [-0.39, 0.29) is 23.0 Å². The Morgan fingerprint density at radius 2 is 2.11 bits per heavy atom. The second-order valence-corrected chi connectivity index (χ2v) is 6.74. The van der Waals surface area contributed by atoms with Gasteiger partial charge in [0, 0.05) is 12.4 Å². The second-order valence-electron chi connectivity index (χ2n) is 5.73. The number of benzene rings is 1. The average molecular weight is 398 g/mol. The molecule has 3 aromatic heterocycles. The number of hydrogen-bond acceptors (Lipinski definition) is 7. The van der Waals surface area contributed by atoms with Gasteiger partial charge in [0.25, 0.3) is 5.91 Å². The van der Waals surface area contributed by atoms with Gasteiger partial charge >= 0.3 is 5.88 Å². The van der Waals surface area contributed by atoms with Crippen LogP contribution in [0.4, 0.5) is 15.4 Å². The number of carbonyl (C=O) groups is 1. The molecule has 140 valence electrons. The number of fused-ring (bicyclic) bond motifs is 1. The van der Waals surface area contributed by atoms with Gasteiger partial charge in [0.15, 0.2) is 10.9 Å². The Kier molecular flexibility index (Phi) is 4.53. The van der Waals surface area contributed by atoms with E-state index in [0.29, 0.717) is 10.3 Å². The third-order valence-corrected chi connectivity index (χ3v) is 4.92. The van der Waals surface area contributed by atoms with Crippen LogP contribution in [-0.2, 0) is 6.54 Å². The number of furan rings is 1. The van der Waals surface area contributed by atoms with Crippen molar-refractivity contribution in [2.45, 2.75) is 6.54 Å². The maximum Gasteiger partial charge on any atom is 0.433 e. The Hall–Kier alpha value is -3.66. The van der Waals surface area contributed by atoms with Gasteiger partial charge in [-0.15, -0.1) is 0 Å². The predicted molar refractivity (Wildman–Crippen MR) is 99.7 cm³/mol. The van der Waals surface area contributed by atoms with Gasteiger partial charge < -0.3 is 4.42 Å². The number of nitrogens with zero attached hydrogens (tertiary/aromatic N) is 4. The molecule has 28 heavy (non-hydrogen) atoms. The van der Waals surface area contributed by atoms with Crippen molar-refractivity contribution in [3.63, 3.8) is 0 Å². The zero-order valence-electron chi connectivity index (χ0n) is 14.1. The van der Waals surface area contributed by atoms with Gasteiger partial charge in [-0.3, -0.25) is 24.8 Å². The van der Waals surface area contributed by atoms with Crippen LogP contribution in [0.3, 0.4) is 0 Å². The molecule has 0 radical (unpaired) electrons. The lowest BCUT2D eigenvalue weighted by Crippen LogP contribution is -2.30. The van der Waals surface area contributed by atoms with Gasteiger partial charge in [0.05, 0.1) is 17.3 Å². The van der Waals surface area contributed by atoms with Gasteiger partial charge in [-0.25, -0.2) is 9.37 Å². The summed E-state index contributed by atoms with van der Waals surface area (Å²) in [5.74, 6) is -1.88. The van der Waals surface area contributed by atoms with Gasteiger partial charge in [0.2, 0.25) is 0 Å². The first-order chi connectivity index (χ1) is 13.5. The number of thiazole rings is 1. The molecule has 0 atom stereocenters. The van der Waals surface area contributed by atoms with E-state index in [1.807, 2.05) is 0 Å². The first-order valence-corrected chi connectivity index (χ1v) is 8.84. The van der Waals surface area contributed by atoms with E-state index in [4.69, 9.17) is 4.42 Å². The summed E-state index contributed by atoms with van der Waals surface area (Å²) in [6, 6.07) is 10.4. The van der Waals surface area contributed by atoms with Crippen molar-refractivity contribution >= 4 is 38.5 Å². The molecule has 0 spiro atoms. The number of rotatable bonds is 5. The van der Waals surface area contributed by atoms with Crippen LogP contribution in [0.5, 0.6) is 0 Å². The van der Waals surface area contributed by atoms with Crippen molar-refractivity contribution in [2.75, 3.05) is 4.90 Å². The molecule has 10 heteroatoms. The summed E-state index contributed by atoms with van der Waals surface area (Å²) in [4.78, 5) is 32.7. The molecule has 8 nitrogen and oxygen atoms in total. The van der Waals surface area contributed by atoms with Gasteiger partial charge in [-0.1, -0.05) is 23.5 Å². The lowest BCUT2D eigenvalue weighted by atomic mass is 10.2. The fourth-order valence-electron chi connectivity index (χ4n) is 2.59. The zero-order chi connectivity index (χ0) is 19.7. The molecule has 3 heterocycles. The molecule has 1 aromatic carbocycles. The Labute approximate surface area is 161 Å². The number of hydrogen-bond donors (Lipinski definition) is 0. The van der Waals surface area contributed by atoms with Crippen molar-refractivity contribution in [3.8, 4) is 0 Å². The first-order valence-electron chi connectivity index (χ1n) is 8.03. The second kappa shape index (κ2) is 7.16. The fourth-order valence-corrected chi connectivity index (χ4v) is 3.57. The van der Waals surface area contributed by atoms with E-state index in [0.717, 1.165) is 17.4 Å². The largest absolute Gasteiger partial charge is 0.433 e. The highest BCUT2D eigenvalue weighted by atomic mass is 32.1. The van der Waals surface area contributed by atoms with Crippen LogP contribution in [0.1, 0.15) is 16.1 Å². The first kappa shape index (κ1) is 17.7. The van der Waals surface area contributed by atoms with E-state index < -0.39 is 22.5 Å². The Morgan fingerprint density at radius 3 is 2.79 bits per heavy atom. The summed E-state index contributed by atoms with van der Waals surface area (Å²) in [7, 11) is 0. The number of nitro groups is 1. The molecule has 0 aliphatic carbocycles. The minimum atomic E-state index is -0.727. The molecular weight excluding hydrogens is 387 g/mol. The van der Waals surface area contributed by atoms with Crippen molar-refractivity contribution in [1.29, 1.82) is 0 Å². The molecule has 0 aliphatic heterocycles. The molecule has 0 saturated heterocycles. The fraction of sp³-hybridized carbons (Fsp3) is 0.0556. The van der Waals surface area contributed by atoms with Crippen LogP contribution < -0.4 is 4.90 Å². The number of pyridine rings is 1. The number of carbonyl (C=O) groups excluding carboxylic acids is 1. The molecule has 4 rings (SSSR count). The summed E-state index contributed by atoms with van der Waals surface area (Å²) in [5.41, 5.74) is 0.855. The highest BCUT2D eigenvalue weighted by Crippen LogP contribution is 2.32. The Morgan fingerprint density at radius 1 is 1.25 bits per heavy atom. The predicted octanol–water partition coefficient (Wildman–Crippen LogP) is 4.18. The van der Waals surface area contributed by atoms with E-state index in [9.17, 15) is 19.3 Å². The SMILES string of the molecule is O=C(c1ccc([N+](=O)[O-])o1)N(Cc1cccnc1)c1nc2c(F)cccc2s1. The monoisotopic (exact) mass is 398 g/mol. The summed E-state index contributed by atoms with van der Waals surface area (Å²) in [6.45, 7) is 0.0859. The molecule has 0 N–H and O–H groups in total. The maximum atomic E-state index is 14.0. The zero-order valence-corrected chi connectivity index (χ0v) is 14.9. The van der Waals surface area contributed by atoms with Crippen LogP contribution in [0.2, 0.25) is 0 Å². The van der Waals surface area contributed by atoms with Crippen LogP contribution >= 0.6 is 11.3 Å². The lowest BCUT2D eigenvalue weighted by molar-refractivity contribution is -0.402. The molecule has 0 bridgehead atoms. The van der Waals surface area contributed by atoms with Crippen molar-refractivity contribution < 1.29 is 18.5 Å². The van der Waals surface area contributed by atoms with E-state index >= 15 is 0 Å². The van der Waals surface area contributed by atoms with Crippen molar-refractivity contribution in [2.24, 2.45) is 0 Å². The minimum absolute atomic E-state index is 0.0859. The van der Waals surface area contributed by atoms with Gasteiger partial charge in [-0.2, -0.15) is 0 Å². The highest BCUT2D eigenvalue weighted by Gasteiger charge is 2.26. The average Bonchev–Trinajstić information content (AvgIpc) is 3.34. The van der Waals surface area contributed by atoms with Crippen LogP contribution in [-0.4, -0.2) is 20.8 Å². The third kappa shape index (κ3) is 3.32. The highest BCUT2D eigenvalue weighted by molar-refractivity contribution is 7.22. The van der Waals surface area contributed by atoms with Crippen LogP contribution in [0.25, 0.3) is 10.2 Å². The summed E-state index contributed by atoms with van der Waals surface area (Å²) < 4.78 is 19.7. The Balaban J connectivity index is 1.77. The summed E-state index contributed by atoms with van der Waals surface area (Å²) in [5, 5.41) is 11.1. The number of anilines is 1. The minimum Gasteiger partial charge on any atom is -0.395 e. The van der Waals surface area contributed by atoms with E-state index in [1.165, 1.54) is 17.0 Å². The maximum absolute atomic E-state index is 14.0. The van der Waals surface area contributed by atoms with Crippen LogP contribution in [0.15, 0.2) is 59.3 Å². The third-order valence-electron chi connectivity index (χ3n) is 3.88. The molecule has 0 saturated carbocycles. The van der Waals surface area contributed by atoms with Gasteiger partial charge in [0.1, 0.15) is 16.3 Å². The smallest absolute Gasteiger partial charge is 0.395 e. The molecule has 0 unspecified atom stereocenters. The number of halogens is 1. The lowest BCUT2D eigenvalue weighted by Gasteiger charge is -2.18. The van der Waals surface area contributed by atoms with Crippen LogP contribution in [0, 0.1) is 15.9 Å². The number of para-hydroxylation sites is 1. The molecular formula is C18H11FN4O4S. The molecule has 0 aliphatic rings. The van der Waals surface area contributed by atoms with Crippen molar-refractivity contribution in [3.05, 3.63) is 82.1 Å². The van der Waals surface area contributed by atoms with Crippen molar-refractivity contribution in [1.82, 2.24) is 9.97 Å². The number of amides is 1. The normalized spacial score (nSPS) is 10.9. The summed E-state index contributed by atoms with van der Waals surface area (Å²) >= 11 is 1.13.